The van der Waals surface area contributed by atoms with Crippen molar-refractivity contribution < 1.29 is 18.8 Å². The fraction of sp³-hybridized carbons (Fsp3) is 0.571. The minimum absolute atomic E-state index is 0.276. The number of rotatable bonds is 5. The molecule has 196 valence electrons. The molecule has 0 saturated carbocycles. The number of anilines is 1. The molecule has 0 radical (unpaired) electrons. The van der Waals surface area contributed by atoms with Crippen LogP contribution in [0.5, 0.6) is 11.5 Å². The molecule has 2 aromatic carbocycles. The topological polar surface area (TPSA) is 69.4 Å². The fourth-order valence-corrected chi connectivity index (χ4v) is 4.67. The number of nitrogen functional groups attached to an aromatic ring is 1. The van der Waals surface area contributed by atoms with Crippen LogP contribution in [-0.4, -0.2) is 80.6 Å². The second-order valence-corrected chi connectivity index (χ2v) is 11.3. The van der Waals surface area contributed by atoms with Crippen LogP contribution in [0.1, 0.15) is 40.5 Å². The van der Waals surface area contributed by atoms with Crippen LogP contribution in [0.3, 0.4) is 0 Å². The van der Waals surface area contributed by atoms with E-state index in [-0.39, 0.29) is 24.4 Å². The monoisotopic (exact) mass is 495 g/mol. The van der Waals surface area contributed by atoms with Gasteiger partial charge in [-0.25, -0.2) is 0 Å². The molecule has 0 spiro atoms. The third-order valence-electron chi connectivity index (χ3n) is 7.54. The lowest BCUT2D eigenvalue weighted by molar-refractivity contribution is 0.00578. The Morgan fingerprint density at radius 1 is 0.806 bits per heavy atom. The number of likely N-dealkylation sites (N-methyl/N-ethyl adjacent to an activating group) is 2. The Balaban J connectivity index is 0.000000187. The maximum atomic E-state index is 6.11. The van der Waals surface area contributed by atoms with Crippen molar-refractivity contribution in [2.24, 2.45) is 0 Å². The molecule has 0 bridgehead atoms. The summed E-state index contributed by atoms with van der Waals surface area (Å²) in [5.41, 5.74) is 6.81. The van der Waals surface area contributed by atoms with Crippen molar-refractivity contribution >= 4 is 18.3 Å². The molecule has 0 aliphatic carbocycles. The van der Waals surface area contributed by atoms with Gasteiger partial charge in [-0.05, 0) is 84.4 Å². The first-order chi connectivity index (χ1) is 17.0. The molecular weight excluding hydrogens is 453 g/mol. The van der Waals surface area contributed by atoms with Crippen molar-refractivity contribution in [3.05, 3.63) is 48.5 Å². The molecule has 2 unspecified atom stereocenters. The molecule has 2 aromatic rings. The summed E-state index contributed by atoms with van der Waals surface area (Å²) in [6, 6.07) is 15.7. The van der Waals surface area contributed by atoms with Gasteiger partial charge in [-0.15, -0.1) is 0 Å². The first-order valence-corrected chi connectivity index (χ1v) is 13.0. The zero-order valence-electron chi connectivity index (χ0n) is 22.7. The lowest BCUT2D eigenvalue weighted by Crippen LogP contribution is -2.41. The van der Waals surface area contributed by atoms with Gasteiger partial charge < -0.3 is 34.3 Å². The van der Waals surface area contributed by atoms with Crippen molar-refractivity contribution in [3.63, 3.8) is 0 Å². The van der Waals surface area contributed by atoms with E-state index in [1.165, 1.54) is 0 Å². The summed E-state index contributed by atoms with van der Waals surface area (Å²) >= 11 is 0. The number of benzene rings is 2. The molecule has 0 amide bonds. The van der Waals surface area contributed by atoms with Gasteiger partial charge in [0.05, 0.1) is 11.2 Å². The Kier molecular flexibility index (Phi) is 8.20. The zero-order chi connectivity index (χ0) is 25.9. The quantitative estimate of drug-likeness (QED) is 0.504. The molecule has 3 heterocycles. The van der Waals surface area contributed by atoms with Gasteiger partial charge in [-0.3, -0.25) is 0 Å². The van der Waals surface area contributed by atoms with E-state index in [0.717, 1.165) is 61.7 Å². The predicted molar refractivity (Wildman–Crippen MR) is 146 cm³/mol. The van der Waals surface area contributed by atoms with Crippen molar-refractivity contribution in [3.8, 4) is 11.5 Å². The minimum Gasteiger partial charge on any atom is -0.489 e. The van der Waals surface area contributed by atoms with Crippen LogP contribution in [0.4, 0.5) is 5.69 Å². The number of hydrogen-bond donors (Lipinski definition) is 1. The molecule has 3 saturated heterocycles. The van der Waals surface area contributed by atoms with E-state index >= 15 is 0 Å². The Morgan fingerprint density at radius 2 is 1.31 bits per heavy atom. The first kappa shape index (κ1) is 26.8. The van der Waals surface area contributed by atoms with Crippen molar-refractivity contribution in [2.45, 2.75) is 63.9 Å². The Morgan fingerprint density at radius 3 is 1.78 bits per heavy atom. The van der Waals surface area contributed by atoms with Gasteiger partial charge in [0.1, 0.15) is 23.7 Å². The molecule has 7 nitrogen and oxygen atoms in total. The van der Waals surface area contributed by atoms with Gasteiger partial charge >= 0.3 is 7.12 Å². The highest BCUT2D eigenvalue weighted by atomic mass is 16.7. The number of hydrogen-bond acceptors (Lipinski definition) is 7. The van der Waals surface area contributed by atoms with Gasteiger partial charge in [-0.1, -0.05) is 18.2 Å². The van der Waals surface area contributed by atoms with Crippen LogP contribution in [0.2, 0.25) is 0 Å². The molecule has 36 heavy (non-hydrogen) atoms. The molecule has 3 fully saturated rings. The summed E-state index contributed by atoms with van der Waals surface area (Å²) in [7, 11) is 3.91. The molecule has 5 rings (SSSR count). The molecule has 3 aliphatic heterocycles. The summed E-state index contributed by atoms with van der Waals surface area (Å²) in [6.07, 6.45) is 2.78. The largest absolute Gasteiger partial charge is 0.494 e. The van der Waals surface area contributed by atoms with Crippen molar-refractivity contribution in [1.29, 1.82) is 0 Å². The summed E-state index contributed by atoms with van der Waals surface area (Å²) in [4.78, 5) is 4.57. The normalized spacial score (nSPS) is 25.4. The van der Waals surface area contributed by atoms with Gasteiger partial charge in [0.25, 0.3) is 0 Å². The molecule has 2 N–H and O–H groups in total. The highest BCUT2D eigenvalue weighted by Gasteiger charge is 2.51. The highest BCUT2D eigenvalue weighted by Crippen LogP contribution is 2.36. The summed E-state index contributed by atoms with van der Waals surface area (Å²) in [5.74, 6) is 1.78. The second kappa shape index (κ2) is 11.0. The van der Waals surface area contributed by atoms with Gasteiger partial charge in [0.2, 0.25) is 0 Å². The maximum Gasteiger partial charge on any atom is 0.494 e. The van der Waals surface area contributed by atoms with Gasteiger partial charge in [0.15, 0.2) is 0 Å². The van der Waals surface area contributed by atoms with Crippen LogP contribution < -0.4 is 20.7 Å². The van der Waals surface area contributed by atoms with Crippen LogP contribution in [0.15, 0.2) is 48.5 Å². The third-order valence-corrected chi connectivity index (χ3v) is 7.54. The van der Waals surface area contributed by atoms with E-state index in [4.69, 9.17) is 24.5 Å². The Labute approximate surface area is 217 Å². The predicted octanol–water partition coefficient (Wildman–Crippen LogP) is 3.42. The lowest BCUT2D eigenvalue weighted by Gasteiger charge is -2.32. The van der Waals surface area contributed by atoms with Crippen molar-refractivity contribution in [2.75, 3.05) is 46.0 Å². The van der Waals surface area contributed by atoms with Gasteiger partial charge in [-0.2, -0.15) is 0 Å². The third kappa shape index (κ3) is 6.74. The first-order valence-electron chi connectivity index (χ1n) is 13.0. The zero-order valence-corrected chi connectivity index (χ0v) is 22.7. The SMILES string of the molecule is CN1CCC(Oc2cccc(B3OC(C)(C)C(C)(C)O3)c2)C1.CN1CCC(Oc2cccc(N)c2)C1. The molecule has 2 atom stereocenters. The lowest BCUT2D eigenvalue weighted by atomic mass is 9.79. The number of nitrogens with zero attached hydrogens (tertiary/aromatic N) is 2. The van der Waals surface area contributed by atoms with Gasteiger partial charge in [0, 0.05) is 37.9 Å². The molecule has 3 aliphatic rings. The van der Waals surface area contributed by atoms with E-state index < -0.39 is 0 Å². The van der Waals surface area contributed by atoms with E-state index in [2.05, 4.69) is 51.6 Å². The minimum atomic E-state index is -0.334. The highest BCUT2D eigenvalue weighted by molar-refractivity contribution is 6.62. The van der Waals surface area contributed by atoms with E-state index in [1.807, 2.05) is 48.5 Å². The molecule has 8 heteroatoms. The smallest absolute Gasteiger partial charge is 0.489 e. The number of ether oxygens (including phenoxy) is 2. The van der Waals surface area contributed by atoms with E-state index in [1.54, 1.807) is 0 Å². The van der Waals surface area contributed by atoms with Crippen molar-refractivity contribution in [1.82, 2.24) is 9.80 Å². The average molecular weight is 495 g/mol. The Bertz CT molecular complexity index is 1000. The maximum absolute atomic E-state index is 6.11. The van der Waals surface area contributed by atoms with E-state index in [9.17, 15) is 0 Å². The van der Waals surface area contributed by atoms with Crippen LogP contribution >= 0.6 is 0 Å². The average Bonchev–Trinajstić information content (AvgIpc) is 3.46. The summed E-state index contributed by atoms with van der Waals surface area (Å²) in [6.45, 7) is 12.5. The summed E-state index contributed by atoms with van der Waals surface area (Å²) < 4.78 is 24.1. The van der Waals surface area contributed by atoms with Crippen LogP contribution in [-0.2, 0) is 9.31 Å². The molecular formula is C28H42BN3O4. The molecule has 0 aromatic heterocycles. The number of nitrogens with two attached hydrogens (primary N) is 1. The van der Waals surface area contributed by atoms with Crippen LogP contribution in [0.25, 0.3) is 0 Å². The summed E-state index contributed by atoms with van der Waals surface area (Å²) in [5, 5.41) is 0. The van der Waals surface area contributed by atoms with Crippen LogP contribution in [0, 0.1) is 0 Å². The number of likely N-dealkylation sites (tertiary alicyclic amines) is 2. The second-order valence-electron chi connectivity index (χ2n) is 11.3. The van der Waals surface area contributed by atoms with E-state index in [0.29, 0.717) is 6.10 Å². The fourth-order valence-electron chi connectivity index (χ4n) is 4.67. The standard InChI is InChI=1S/C17H26BNO3.C11H16N2O/c1-16(2)17(3,4)22-18(21-16)13-7-6-8-14(11-13)20-15-9-10-19(5)12-15;1-13-6-5-11(8-13)14-10-4-2-3-9(12)7-10/h6-8,11,15H,9-10,12H2,1-5H3;2-4,7,11H,5-6,8,12H2,1H3. The Hall–Kier alpha value is -2.26.